The Labute approximate surface area is 143 Å². The predicted molar refractivity (Wildman–Crippen MR) is 90.8 cm³/mol. The molecule has 1 aliphatic heterocycles. The Morgan fingerprint density at radius 2 is 2.08 bits per heavy atom. The molecule has 0 unspecified atom stereocenters. The summed E-state index contributed by atoms with van der Waals surface area (Å²) >= 11 is 0. The second-order valence-corrected chi connectivity index (χ2v) is 8.37. The molecule has 2 rings (SSSR count). The fourth-order valence-electron chi connectivity index (χ4n) is 2.57. The Morgan fingerprint density at radius 1 is 1.38 bits per heavy atom. The van der Waals surface area contributed by atoms with Crippen molar-refractivity contribution in [3.05, 3.63) is 29.3 Å². The molecule has 7 nitrogen and oxygen atoms in total. The number of aryl methyl sites for hydroxylation is 1. The molecule has 0 bridgehead atoms. The molecule has 1 heterocycles. The molecule has 0 saturated carbocycles. The highest BCUT2D eigenvalue weighted by atomic mass is 32.2. The number of sulfonamides is 1. The van der Waals surface area contributed by atoms with Crippen LogP contribution in [0.15, 0.2) is 18.2 Å². The number of nitrogens with one attached hydrogen (secondary N) is 1. The molecule has 1 saturated heterocycles. The Balaban J connectivity index is 2.11. The summed E-state index contributed by atoms with van der Waals surface area (Å²) in [6.45, 7) is 2.52. The van der Waals surface area contributed by atoms with Crippen LogP contribution in [-0.2, 0) is 14.8 Å². The number of benzene rings is 1. The molecule has 1 aromatic rings. The molecular weight excluding hydrogens is 332 g/mol. The highest BCUT2D eigenvalue weighted by molar-refractivity contribution is 7.89. The zero-order valence-electron chi connectivity index (χ0n) is 14.4. The van der Waals surface area contributed by atoms with E-state index >= 15 is 0 Å². The van der Waals surface area contributed by atoms with Gasteiger partial charge in [-0.15, -0.1) is 0 Å². The van der Waals surface area contributed by atoms with Gasteiger partial charge in [-0.05, 0) is 24.6 Å². The van der Waals surface area contributed by atoms with Gasteiger partial charge in [-0.1, -0.05) is 6.07 Å². The Hall–Kier alpha value is -1.64. The zero-order chi connectivity index (χ0) is 17.9. The van der Waals surface area contributed by atoms with Crippen molar-refractivity contribution in [2.75, 3.05) is 40.2 Å². The van der Waals surface area contributed by atoms with Crippen molar-refractivity contribution in [3.8, 4) is 5.75 Å². The molecule has 1 aromatic carbocycles. The lowest BCUT2D eigenvalue weighted by Crippen LogP contribution is -2.43. The van der Waals surface area contributed by atoms with Crippen molar-refractivity contribution < 1.29 is 22.7 Å². The predicted octanol–water partition coefficient (Wildman–Crippen LogP) is 0.640. The monoisotopic (exact) mass is 356 g/mol. The van der Waals surface area contributed by atoms with Gasteiger partial charge in [0.2, 0.25) is 10.0 Å². The molecule has 1 aliphatic rings. The zero-order valence-corrected chi connectivity index (χ0v) is 15.2. The summed E-state index contributed by atoms with van der Waals surface area (Å²) in [5.74, 6) is -0.146. The first-order valence-electron chi connectivity index (χ1n) is 7.68. The van der Waals surface area contributed by atoms with E-state index < -0.39 is 10.0 Å². The summed E-state index contributed by atoms with van der Waals surface area (Å²) < 4.78 is 35.9. The van der Waals surface area contributed by atoms with Gasteiger partial charge in [-0.3, -0.25) is 4.79 Å². The minimum atomic E-state index is -3.36. The van der Waals surface area contributed by atoms with E-state index in [0.717, 1.165) is 5.56 Å². The van der Waals surface area contributed by atoms with Gasteiger partial charge in [0, 0.05) is 20.0 Å². The number of amides is 1. The van der Waals surface area contributed by atoms with E-state index in [0.29, 0.717) is 24.5 Å². The second-order valence-electron chi connectivity index (χ2n) is 6.14. The lowest BCUT2D eigenvalue weighted by atomic mass is 10.0. The summed E-state index contributed by atoms with van der Waals surface area (Å²) in [7, 11) is 1.15. The van der Waals surface area contributed by atoms with Crippen molar-refractivity contribution in [3.63, 3.8) is 0 Å². The van der Waals surface area contributed by atoms with Crippen LogP contribution in [0.4, 0.5) is 0 Å². The van der Waals surface area contributed by atoms with E-state index in [1.807, 2.05) is 13.0 Å². The molecule has 8 heteroatoms. The van der Waals surface area contributed by atoms with Gasteiger partial charge in [0.1, 0.15) is 5.75 Å². The molecule has 1 N–H and O–H groups in total. The fraction of sp³-hybridized carbons (Fsp3) is 0.562. The summed E-state index contributed by atoms with van der Waals surface area (Å²) in [4.78, 5) is 12.5. The molecule has 0 spiro atoms. The van der Waals surface area contributed by atoms with Crippen LogP contribution >= 0.6 is 0 Å². The van der Waals surface area contributed by atoms with E-state index in [2.05, 4.69) is 5.32 Å². The summed E-state index contributed by atoms with van der Waals surface area (Å²) in [6.07, 6.45) is 0. The van der Waals surface area contributed by atoms with Crippen molar-refractivity contribution in [1.29, 1.82) is 0 Å². The number of rotatable bonds is 6. The first kappa shape index (κ1) is 18.7. The molecule has 0 aliphatic carbocycles. The highest BCUT2D eigenvalue weighted by Crippen LogP contribution is 2.22. The van der Waals surface area contributed by atoms with E-state index in [4.69, 9.17) is 9.47 Å². The molecular formula is C16H24N2O5S. The fourth-order valence-corrected chi connectivity index (χ4v) is 3.74. The Bertz CT molecular complexity index is 702. The number of carbonyl (C=O) groups excluding carboxylic acids is 1. The number of hydrogen-bond donors (Lipinski definition) is 1. The normalized spacial score (nSPS) is 21.0. The van der Waals surface area contributed by atoms with Crippen molar-refractivity contribution in [2.24, 2.45) is 5.92 Å². The van der Waals surface area contributed by atoms with Gasteiger partial charge >= 0.3 is 0 Å². The van der Waals surface area contributed by atoms with Crippen LogP contribution in [-0.4, -0.2) is 64.8 Å². The summed E-state index contributed by atoms with van der Waals surface area (Å²) in [5.41, 5.74) is 1.41. The molecule has 2 atom stereocenters. The standard InChI is InChI=1S/C16H24N2O5S/c1-11-5-6-13(15(7-11)22-4)16(19)17-14-9-23-8-12(14)10-24(20,21)18(2)3/h5-7,12,14H,8-10H2,1-4H3,(H,17,19)/t12-,14+/m0/s1. The maximum atomic E-state index is 12.5. The third-order valence-electron chi connectivity index (χ3n) is 4.10. The molecule has 134 valence electrons. The maximum Gasteiger partial charge on any atom is 0.255 e. The van der Waals surface area contributed by atoms with E-state index in [1.54, 1.807) is 12.1 Å². The van der Waals surface area contributed by atoms with Crippen LogP contribution in [0.5, 0.6) is 5.75 Å². The Kier molecular flexibility index (Phi) is 5.84. The van der Waals surface area contributed by atoms with Crippen LogP contribution in [0.2, 0.25) is 0 Å². The highest BCUT2D eigenvalue weighted by Gasteiger charge is 2.34. The summed E-state index contributed by atoms with van der Waals surface area (Å²) in [5, 5.41) is 2.87. The van der Waals surface area contributed by atoms with Crippen LogP contribution in [0, 0.1) is 12.8 Å². The lowest BCUT2D eigenvalue weighted by molar-refractivity contribution is 0.0923. The third-order valence-corrected chi connectivity index (χ3v) is 6.06. The molecule has 1 fully saturated rings. The van der Waals surface area contributed by atoms with Crippen LogP contribution in [0.3, 0.4) is 0 Å². The van der Waals surface area contributed by atoms with Gasteiger partial charge in [-0.25, -0.2) is 12.7 Å². The number of hydrogen-bond acceptors (Lipinski definition) is 5. The maximum absolute atomic E-state index is 12.5. The van der Waals surface area contributed by atoms with Crippen LogP contribution in [0.25, 0.3) is 0 Å². The molecule has 1 amide bonds. The SMILES string of the molecule is COc1cc(C)ccc1C(=O)N[C@@H]1COC[C@H]1CS(=O)(=O)N(C)C. The quantitative estimate of drug-likeness (QED) is 0.809. The minimum Gasteiger partial charge on any atom is -0.496 e. The molecule has 24 heavy (non-hydrogen) atoms. The van der Waals surface area contributed by atoms with Crippen molar-refractivity contribution >= 4 is 15.9 Å². The average Bonchev–Trinajstić information content (AvgIpc) is 2.93. The first-order chi connectivity index (χ1) is 11.2. The van der Waals surface area contributed by atoms with E-state index in [1.165, 1.54) is 25.5 Å². The van der Waals surface area contributed by atoms with Gasteiger partial charge in [-0.2, -0.15) is 0 Å². The van der Waals surface area contributed by atoms with Crippen LogP contribution < -0.4 is 10.1 Å². The largest absolute Gasteiger partial charge is 0.496 e. The number of nitrogens with zero attached hydrogens (tertiary/aromatic N) is 1. The third kappa shape index (κ3) is 4.25. The lowest BCUT2D eigenvalue weighted by Gasteiger charge is -2.21. The van der Waals surface area contributed by atoms with Crippen molar-refractivity contribution in [2.45, 2.75) is 13.0 Å². The van der Waals surface area contributed by atoms with Crippen LogP contribution in [0.1, 0.15) is 15.9 Å². The van der Waals surface area contributed by atoms with Gasteiger partial charge in [0.15, 0.2) is 0 Å². The van der Waals surface area contributed by atoms with Gasteiger partial charge < -0.3 is 14.8 Å². The molecule has 0 aromatic heterocycles. The number of ether oxygens (including phenoxy) is 2. The second kappa shape index (κ2) is 7.50. The Morgan fingerprint density at radius 3 is 2.71 bits per heavy atom. The summed E-state index contributed by atoms with van der Waals surface area (Å²) in [6, 6.07) is 4.97. The minimum absolute atomic E-state index is 0.0595. The topological polar surface area (TPSA) is 84.9 Å². The van der Waals surface area contributed by atoms with Gasteiger partial charge in [0.25, 0.3) is 5.91 Å². The smallest absolute Gasteiger partial charge is 0.255 e. The number of carbonyl (C=O) groups is 1. The van der Waals surface area contributed by atoms with Gasteiger partial charge in [0.05, 0.1) is 37.7 Å². The van der Waals surface area contributed by atoms with Crippen molar-refractivity contribution in [1.82, 2.24) is 9.62 Å². The van der Waals surface area contributed by atoms with E-state index in [9.17, 15) is 13.2 Å². The van der Waals surface area contributed by atoms with E-state index in [-0.39, 0.29) is 23.6 Å². The molecule has 0 radical (unpaired) electrons. The first-order valence-corrected chi connectivity index (χ1v) is 9.29. The average molecular weight is 356 g/mol. The number of methoxy groups -OCH3 is 1.